The molecule has 0 saturated carbocycles. The summed E-state index contributed by atoms with van der Waals surface area (Å²) in [6, 6.07) is 1.91. The third kappa shape index (κ3) is 2.22. The number of nitrogens with zero attached hydrogens (tertiary/aromatic N) is 3. The average molecular weight is 299 g/mol. The van der Waals surface area contributed by atoms with E-state index in [4.69, 9.17) is 5.73 Å². The van der Waals surface area contributed by atoms with Crippen LogP contribution in [0.2, 0.25) is 0 Å². The number of nitrogens with two attached hydrogens (primary N) is 1. The molecule has 2 heterocycles. The van der Waals surface area contributed by atoms with Gasteiger partial charge in [-0.15, -0.1) is 10.2 Å². The second-order valence-corrected chi connectivity index (χ2v) is 5.61. The van der Waals surface area contributed by atoms with Crippen LogP contribution in [0.4, 0.5) is 5.82 Å². The molecule has 0 bridgehead atoms. The highest BCUT2D eigenvalue weighted by molar-refractivity contribution is 9.10. The summed E-state index contributed by atoms with van der Waals surface area (Å²) in [5.41, 5.74) is 6.65. The third-order valence-corrected chi connectivity index (χ3v) is 3.74. The fraction of sp³-hybridized carbons (Fsp3) is 0.300. The monoisotopic (exact) mass is 298 g/mol. The molecular formula is C10H11BrN4S. The van der Waals surface area contributed by atoms with E-state index < -0.39 is 0 Å². The van der Waals surface area contributed by atoms with E-state index in [0.717, 1.165) is 20.1 Å². The van der Waals surface area contributed by atoms with Crippen molar-refractivity contribution in [1.29, 1.82) is 0 Å². The van der Waals surface area contributed by atoms with Crippen molar-refractivity contribution in [2.75, 3.05) is 5.73 Å². The van der Waals surface area contributed by atoms with Crippen LogP contribution in [0.1, 0.15) is 24.8 Å². The Morgan fingerprint density at radius 1 is 1.38 bits per heavy atom. The van der Waals surface area contributed by atoms with Gasteiger partial charge >= 0.3 is 0 Å². The van der Waals surface area contributed by atoms with Crippen LogP contribution in [-0.2, 0) is 0 Å². The Hall–Kier alpha value is -1.01. The maximum atomic E-state index is 5.81. The van der Waals surface area contributed by atoms with Crippen LogP contribution in [0.15, 0.2) is 16.7 Å². The molecule has 0 atom stereocenters. The van der Waals surface area contributed by atoms with Gasteiger partial charge in [-0.3, -0.25) is 0 Å². The lowest BCUT2D eigenvalue weighted by Gasteiger charge is -2.00. The van der Waals surface area contributed by atoms with Crippen molar-refractivity contribution in [1.82, 2.24) is 15.2 Å². The van der Waals surface area contributed by atoms with Crippen molar-refractivity contribution in [3.05, 3.63) is 21.7 Å². The van der Waals surface area contributed by atoms with Gasteiger partial charge in [-0.25, -0.2) is 4.98 Å². The molecule has 0 saturated heterocycles. The second-order valence-electron chi connectivity index (χ2n) is 3.69. The Morgan fingerprint density at radius 2 is 2.12 bits per heavy atom. The number of rotatable bonds is 2. The molecule has 4 nitrogen and oxygen atoms in total. The van der Waals surface area contributed by atoms with E-state index in [1.54, 1.807) is 17.5 Å². The lowest BCUT2D eigenvalue weighted by atomic mass is 10.2. The summed E-state index contributed by atoms with van der Waals surface area (Å²) in [4.78, 5) is 4.08. The topological polar surface area (TPSA) is 64.7 Å². The Balaban J connectivity index is 2.46. The molecule has 0 aliphatic heterocycles. The SMILES string of the molecule is CC(C)c1nnc(-c2cc(Br)cnc2N)s1. The van der Waals surface area contributed by atoms with Crippen molar-refractivity contribution < 1.29 is 0 Å². The number of aromatic nitrogens is 3. The molecule has 0 aliphatic rings. The first kappa shape index (κ1) is 11.5. The molecule has 2 N–H and O–H groups in total. The van der Waals surface area contributed by atoms with Gasteiger partial charge in [-0.05, 0) is 22.0 Å². The summed E-state index contributed by atoms with van der Waals surface area (Å²) in [5.74, 6) is 0.863. The van der Waals surface area contributed by atoms with Crippen molar-refractivity contribution in [2.24, 2.45) is 0 Å². The molecule has 0 fully saturated rings. The van der Waals surface area contributed by atoms with Gasteiger partial charge in [0.15, 0.2) is 5.01 Å². The summed E-state index contributed by atoms with van der Waals surface area (Å²) in [5, 5.41) is 10.1. The third-order valence-electron chi connectivity index (χ3n) is 2.05. The summed E-state index contributed by atoms with van der Waals surface area (Å²) >= 11 is 4.92. The van der Waals surface area contributed by atoms with E-state index >= 15 is 0 Å². The Morgan fingerprint density at radius 3 is 2.75 bits per heavy atom. The summed E-state index contributed by atoms with van der Waals surface area (Å²) in [6.45, 7) is 4.18. The molecular weight excluding hydrogens is 288 g/mol. The summed E-state index contributed by atoms with van der Waals surface area (Å²) < 4.78 is 0.887. The number of hydrogen-bond donors (Lipinski definition) is 1. The van der Waals surface area contributed by atoms with Crippen LogP contribution in [0.5, 0.6) is 0 Å². The van der Waals surface area contributed by atoms with E-state index in [0.29, 0.717) is 11.7 Å². The minimum atomic E-state index is 0.382. The molecule has 16 heavy (non-hydrogen) atoms. The maximum absolute atomic E-state index is 5.81. The van der Waals surface area contributed by atoms with Gasteiger partial charge in [-0.2, -0.15) is 0 Å². The van der Waals surface area contributed by atoms with Gasteiger partial charge < -0.3 is 5.73 Å². The van der Waals surface area contributed by atoms with Gasteiger partial charge in [0.25, 0.3) is 0 Å². The summed E-state index contributed by atoms with van der Waals surface area (Å²) in [7, 11) is 0. The van der Waals surface area contributed by atoms with Crippen LogP contribution in [-0.4, -0.2) is 15.2 Å². The highest BCUT2D eigenvalue weighted by Gasteiger charge is 2.12. The van der Waals surface area contributed by atoms with Gasteiger partial charge in [0.2, 0.25) is 0 Å². The van der Waals surface area contributed by atoms with E-state index in [9.17, 15) is 0 Å². The molecule has 0 aliphatic carbocycles. The standard InChI is InChI=1S/C10H11BrN4S/c1-5(2)9-14-15-10(16-9)7-3-6(11)4-13-8(7)12/h3-5H,1-2H3,(H2,12,13). The molecule has 0 radical (unpaired) electrons. The van der Waals surface area contributed by atoms with E-state index in [1.807, 2.05) is 6.07 Å². The minimum Gasteiger partial charge on any atom is -0.383 e. The van der Waals surface area contributed by atoms with Crippen molar-refractivity contribution in [2.45, 2.75) is 19.8 Å². The Bertz CT molecular complexity index is 509. The predicted molar refractivity (Wildman–Crippen MR) is 69.3 cm³/mol. The molecule has 2 aromatic heterocycles. The van der Waals surface area contributed by atoms with Crippen molar-refractivity contribution in [3.8, 4) is 10.6 Å². The molecule has 84 valence electrons. The zero-order valence-electron chi connectivity index (χ0n) is 8.94. The van der Waals surface area contributed by atoms with Gasteiger partial charge in [0, 0.05) is 16.6 Å². The predicted octanol–water partition coefficient (Wildman–Crippen LogP) is 3.07. The van der Waals surface area contributed by atoms with E-state index in [1.165, 1.54) is 0 Å². The molecule has 0 aromatic carbocycles. The highest BCUT2D eigenvalue weighted by atomic mass is 79.9. The first-order chi connectivity index (χ1) is 7.58. The van der Waals surface area contributed by atoms with Crippen LogP contribution < -0.4 is 5.73 Å². The lowest BCUT2D eigenvalue weighted by Crippen LogP contribution is -1.93. The highest BCUT2D eigenvalue weighted by Crippen LogP contribution is 2.31. The zero-order chi connectivity index (χ0) is 11.7. The van der Waals surface area contributed by atoms with Crippen molar-refractivity contribution in [3.63, 3.8) is 0 Å². The van der Waals surface area contributed by atoms with E-state index in [2.05, 4.69) is 45.0 Å². The first-order valence-electron chi connectivity index (χ1n) is 4.82. The van der Waals surface area contributed by atoms with E-state index in [-0.39, 0.29) is 0 Å². The Kier molecular flexibility index (Phi) is 3.20. The first-order valence-corrected chi connectivity index (χ1v) is 6.43. The van der Waals surface area contributed by atoms with Gasteiger partial charge in [0.05, 0.1) is 5.56 Å². The smallest absolute Gasteiger partial charge is 0.151 e. The molecule has 0 spiro atoms. The zero-order valence-corrected chi connectivity index (χ0v) is 11.3. The van der Waals surface area contributed by atoms with Crippen LogP contribution >= 0.6 is 27.3 Å². The average Bonchev–Trinajstić information content (AvgIpc) is 2.70. The molecule has 0 unspecified atom stereocenters. The fourth-order valence-electron chi connectivity index (χ4n) is 1.20. The van der Waals surface area contributed by atoms with Crippen LogP contribution in [0, 0.1) is 0 Å². The molecule has 2 rings (SSSR count). The maximum Gasteiger partial charge on any atom is 0.151 e. The largest absolute Gasteiger partial charge is 0.383 e. The number of anilines is 1. The quantitative estimate of drug-likeness (QED) is 0.925. The lowest BCUT2D eigenvalue weighted by molar-refractivity contribution is 0.825. The van der Waals surface area contributed by atoms with Gasteiger partial charge in [0.1, 0.15) is 10.8 Å². The minimum absolute atomic E-state index is 0.382. The second kappa shape index (κ2) is 4.47. The van der Waals surface area contributed by atoms with Crippen LogP contribution in [0.3, 0.4) is 0 Å². The molecule has 2 aromatic rings. The summed E-state index contributed by atoms with van der Waals surface area (Å²) in [6.07, 6.45) is 1.67. The molecule has 6 heteroatoms. The van der Waals surface area contributed by atoms with Crippen molar-refractivity contribution >= 4 is 33.1 Å². The normalized spacial score (nSPS) is 11.0. The number of hydrogen-bond acceptors (Lipinski definition) is 5. The van der Waals surface area contributed by atoms with Gasteiger partial charge in [-0.1, -0.05) is 25.2 Å². The Labute approximate surface area is 106 Å². The molecule has 0 amide bonds. The van der Waals surface area contributed by atoms with Crippen LogP contribution in [0.25, 0.3) is 10.6 Å². The fourth-order valence-corrected chi connectivity index (χ4v) is 2.40. The number of nitrogen functional groups attached to an aromatic ring is 1. The number of halogens is 1. The number of pyridine rings is 1.